The topological polar surface area (TPSA) is 92.7 Å². The van der Waals surface area contributed by atoms with Gasteiger partial charge in [0.05, 0.1) is 19.0 Å². The third kappa shape index (κ3) is 6.34. The zero-order valence-corrected chi connectivity index (χ0v) is 26.6. The molecule has 3 aromatic rings. The van der Waals surface area contributed by atoms with Crippen molar-refractivity contribution in [1.82, 2.24) is 0 Å². The average molecular weight is 589 g/mol. The Morgan fingerprint density at radius 1 is 0.595 bits per heavy atom. The lowest BCUT2D eigenvalue weighted by Gasteiger charge is -2.39. The number of rotatable bonds is 10. The zero-order valence-electron chi connectivity index (χ0n) is 25.7. The molecule has 0 heterocycles. The van der Waals surface area contributed by atoms with Crippen LogP contribution in [0.3, 0.4) is 0 Å². The number of hydrogen-bond donors (Lipinski definition) is 0. The van der Waals surface area contributed by atoms with Crippen LogP contribution in [0, 0.1) is 22.7 Å². The maximum absolute atomic E-state index is 14.3. The number of carbonyl (C=O) groups excluding carboxylic acids is 3. The molecule has 0 fully saturated rings. The van der Waals surface area contributed by atoms with Gasteiger partial charge in [-0.15, -0.1) is 0 Å². The summed E-state index contributed by atoms with van der Waals surface area (Å²) in [6.07, 6.45) is 0. The lowest BCUT2D eigenvalue weighted by molar-refractivity contribution is -0.354. The zero-order chi connectivity index (χ0) is 31.3. The van der Waals surface area contributed by atoms with E-state index in [9.17, 15) is 19.5 Å². The predicted octanol–water partition coefficient (Wildman–Crippen LogP) is 4.79. The Labute approximate surface area is 250 Å². The van der Waals surface area contributed by atoms with Crippen LogP contribution in [0.2, 0.25) is 0 Å². The number of methoxy groups -OCH3 is 2. The molecule has 42 heavy (non-hydrogen) atoms. The number of esters is 1. The van der Waals surface area contributed by atoms with Crippen molar-refractivity contribution in [3.8, 4) is 0 Å². The number of hydrogen-bond acceptors (Lipinski definition) is 6. The Morgan fingerprint density at radius 3 is 1.19 bits per heavy atom. The Morgan fingerprint density at radius 2 is 0.929 bits per heavy atom. The molecule has 1 atom stereocenters. The summed E-state index contributed by atoms with van der Waals surface area (Å²) in [7, 11) is -0.805. The molecule has 0 amide bonds. The SMILES string of the molecule is COC(=O)C(/C(=C(/[O-])OC)[P+](c1ccccc1)(c1ccccc1)c1ccccc1)C(C(=O)C(C)(C)C)C(=O)C(C)(C)C. The summed E-state index contributed by atoms with van der Waals surface area (Å²) in [5, 5.41) is 16.7. The minimum atomic E-state index is -3.26. The Hall–Kier alpha value is -3.76. The first-order valence-electron chi connectivity index (χ1n) is 13.9. The fourth-order valence-electron chi connectivity index (χ4n) is 5.28. The van der Waals surface area contributed by atoms with E-state index in [-0.39, 0.29) is 5.31 Å². The molecule has 0 spiro atoms. The lowest BCUT2D eigenvalue weighted by atomic mass is 9.69. The molecule has 3 rings (SSSR count). The van der Waals surface area contributed by atoms with Gasteiger partial charge >= 0.3 is 5.97 Å². The standard InChI is InChI=1S/C35H41O6P/c1-34(2,3)30(36)28(31(37)35(4,5)6)27(32(38)40-7)29(33(39)41-8)42(24-18-12-9-13-19-24,25-20-14-10-15-21-25)26-22-16-11-17-23-26/h9-23,27-28H,1-8H3/b33-29+. The molecule has 0 aliphatic rings. The third-order valence-corrected chi connectivity index (χ3v) is 11.7. The van der Waals surface area contributed by atoms with E-state index in [1.807, 2.05) is 91.0 Å². The van der Waals surface area contributed by atoms with Crippen LogP contribution in [0.25, 0.3) is 0 Å². The van der Waals surface area contributed by atoms with Crippen LogP contribution < -0.4 is 21.0 Å². The number of benzene rings is 3. The molecule has 0 radical (unpaired) electrons. The maximum Gasteiger partial charge on any atom is 0.317 e. The molecular formula is C35H41O6P. The molecular weight excluding hydrogens is 547 g/mol. The summed E-state index contributed by atoms with van der Waals surface area (Å²) in [6.45, 7) is 10.2. The first-order chi connectivity index (χ1) is 19.7. The molecule has 0 aliphatic carbocycles. The Bertz CT molecular complexity index is 1290. The Balaban J connectivity index is 2.66. The van der Waals surface area contributed by atoms with Crippen molar-refractivity contribution in [1.29, 1.82) is 0 Å². The van der Waals surface area contributed by atoms with Crippen molar-refractivity contribution in [3.63, 3.8) is 0 Å². The van der Waals surface area contributed by atoms with E-state index >= 15 is 0 Å². The molecule has 0 N–H and O–H groups in total. The van der Waals surface area contributed by atoms with E-state index in [0.717, 1.165) is 15.9 Å². The summed E-state index contributed by atoms with van der Waals surface area (Å²) in [5.41, 5.74) is -2.02. The first-order valence-corrected chi connectivity index (χ1v) is 15.7. The molecule has 0 saturated heterocycles. The van der Waals surface area contributed by atoms with Gasteiger partial charge in [0, 0.05) is 10.8 Å². The van der Waals surface area contributed by atoms with E-state index in [1.54, 1.807) is 41.5 Å². The predicted molar refractivity (Wildman–Crippen MR) is 167 cm³/mol. The van der Waals surface area contributed by atoms with Gasteiger partial charge in [-0.3, -0.25) is 14.4 Å². The van der Waals surface area contributed by atoms with Crippen LogP contribution in [-0.4, -0.2) is 31.8 Å². The molecule has 6 nitrogen and oxygen atoms in total. The minimum Gasteiger partial charge on any atom is -0.614 e. The molecule has 3 aromatic carbocycles. The van der Waals surface area contributed by atoms with Crippen molar-refractivity contribution in [2.75, 3.05) is 14.2 Å². The van der Waals surface area contributed by atoms with E-state index < -0.39 is 53.4 Å². The van der Waals surface area contributed by atoms with Crippen LogP contribution in [0.5, 0.6) is 0 Å². The fraction of sp³-hybridized carbons (Fsp3) is 0.343. The molecule has 0 aromatic heterocycles. The fourth-order valence-corrected chi connectivity index (χ4v) is 9.91. The summed E-state index contributed by atoms with van der Waals surface area (Å²) >= 11 is 0. The molecule has 0 aliphatic heterocycles. The van der Waals surface area contributed by atoms with E-state index in [2.05, 4.69) is 0 Å². The van der Waals surface area contributed by atoms with Crippen LogP contribution in [-0.2, 0) is 23.9 Å². The maximum atomic E-state index is 14.3. The summed E-state index contributed by atoms with van der Waals surface area (Å²) in [5.74, 6) is -5.57. The van der Waals surface area contributed by atoms with Crippen molar-refractivity contribution in [3.05, 3.63) is 102 Å². The number of Topliss-reactive ketones (excluding diaryl/α,β-unsaturated/α-hetero) is 2. The highest BCUT2D eigenvalue weighted by molar-refractivity contribution is 7.99. The summed E-state index contributed by atoms with van der Waals surface area (Å²) in [4.78, 5) is 42.7. The normalized spacial score (nSPS) is 13.6. The van der Waals surface area contributed by atoms with Gasteiger partial charge in [0.25, 0.3) is 0 Å². The molecule has 0 bridgehead atoms. The van der Waals surface area contributed by atoms with Crippen LogP contribution in [0.4, 0.5) is 0 Å². The second kappa shape index (κ2) is 13.0. The number of ether oxygens (including phenoxy) is 2. The van der Waals surface area contributed by atoms with Crippen molar-refractivity contribution < 1.29 is 29.0 Å². The minimum absolute atomic E-state index is 0.0423. The first kappa shape index (κ1) is 32.8. The van der Waals surface area contributed by atoms with Gasteiger partial charge < -0.3 is 14.6 Å². The van der Waals surface area contributed by atoms with Crippen LogP contribution >= 0.6 is 7.26 Å². The van der Waals surface area contributed by atoms with Crippen LogP contribution in [0.1, 0.15) is 41.5 Å². The van der Waals surface area contributed by atoms with Crippen molar-refractivity contribution in [2.24, 2.45) is 22.7 Å². The summed E-state index contributed by atoms with van der Waals surface area (Å²) < 4.78 is 10.8. The quantitative estimate of drug-likeness (QED) is 0.146. The second-order valence-electron chi connectivity index (χ2n) is 12.3. The van der Waals surface area contributed by atoms with Gasteiger partial charge in [-0.05, 0) is 43.5 Å². The van der Waals surface area contributed by atoms with Gasteiger partial charge in [0.1, 0.15) is 46.0 Å². The third-order valence-electron chi connectivity index (χ3n) is 7.31. The van der Waals surface area contributed by atoms with Gasteiger partial charge in [0.15, 0.2) is 0 Å². The smallest absolute Gasteiger partial charge is 0.317 e. The highest BCUT2D eigenvalue weighted by Crippen LogP contribution is 2.66. The highest BCUT2D eigenvalue weighted by atomic mass is 31.2. The lowest BCUT2D eigenvalue weighted by Crippen LogP contribution is -2.49. The average Bonchev–Trinajstić information content (AvgIpc) is 2.98. The highest BCUT2D eigenvalue weighted by Gasteiger charge is 2.60. The molecule has 1 unspecified atom stereocenters. The summed E-state index contributed by atoms with van der Waals surface area (Å²) in [6, 6.07) is 28.3. The molecule has 0 saturated carbocycles. The molecule has 7 heteroatoms. The second-order valence-corrected chi connectivity index (χ2v) is 15.6. The van der Waals surface area contributed by atoms with Crippen molar-refractivity contribution in [2.45, 2.75) is 41.5 Å². The van der Waals surface area contributed by atoms with Crippen molar-refractivity contribution >= 4 is 40.7 Å². The number of carbonyl (C=O) groups is 3. The van der Waals surface area contributed by atoms with E-state index in [4.69, 9.17) is 9.47 Å². The largest absolute Gasteiger partial charge is 0.614 e. The molecule has 222 valence electrons. The van der Waals surface area contributed by atoms with E-state index in [1.165, 1.54) is 14.2 Å². The van der Waals surface area contributed by atoms with Gasteiger partial charge in [-0.1, -0.05) is 96.1 Å². The monoisotopic (exact) mass is 588 g/mol. The van der Waals surface area contributed by atoms with Gasteiger partial charge in [-0.2, -0.15) is 0 Å². The van der Waals surface area contributed by atoms with Crippen LogP contribution in [0.15, 0.2) is 102 Å². The number of ketones is 2. The Kier molecular flexibility index (Phi) is 10.2. The van der Waals surface area contributed by atoms with Gasteiger partial charge in [-0.25, -0.2) is 0 Å². The van der Waals surface area contributed by atoms with E-state index in [0.29, 0.717) is 0 Å². The van der Waals surface area contributed by atoms with Gasteiger partial charge in [0.2, 0.25) is 0 Å².